The lowest BCUT2D eigenvalue weighted by Gasteiger charge is -2.18. The number of methoxy groups -OCH3 is 1. The van der Waals surface area contributed by atoms with Gasteiger partial charge < -0.3 is 20.7 Å². The molecule has 0 radical (unpaired) electrons. The molecule has 1 aromatic rings. The first kappa shape index (κ1) is 18.7. The van der Waals surface area contributed by atoms with E-state index in [1.165, 1.54) is 26.3 Å². The second kappa shape index (κ2) is 8.97. The highest BCUT2D eigenvalue weighted by Gasteiger charge is 2.19. The maximum absolute atomic E-state index is 13.7. The van der Waals surface area contributed by atoms with Crippen LogP contribution in [0.3, 0.4) is 0 Å². The van der Waals surface area contributed by atoms with Gasteiger partial charge in [0.2, 0.25) is 5.91 Å². The topological polar surface area (TPSA) is 79.5 Å². The lowest BCUT2D eigenvalue weighted by atomic mass is 9.98. The van der Waals surface area contributed by atoms with Crippen molar-refractivity contribution in [3.8, 4) is 5.75 Å². The summed E-state index contributed by atoms with van der Waals surface area (Å²) in [6.45, 7) is 3.85. The van der Waals surface area contributed by atoms with Gasteiger partial charge in [-0.15, -0.1) is 0 Å². The molecule has 0 aliphatic heterocycles. The summed E-state index contributed by atoms with van der Waals surface area (Å²) in [5.41, 5.74) is 0.656. The number of carbonyl (C=O) groups excluding carboxylic acids is 2. The van der Waals surface area contributed by atoms with E-state index in [0.29, 0.717) is 12.0 Å². The molecule has 3 N–H and O–H groups in total. The normalized spacial score (nSPS) is 11.7. The van der Waals surface area contributed by atoms with Gasteiger partial charge in [-0.05, 0) is 38.0 Å². The van der Waals surface area contributed by atoms with Crippen LogP contribution in [0.2, 0.25) is 0 Å². The molecule has 0 aromatic heterocycles. The highest BCUT2D eigenvalue weighted by molar-refractivity contribution is 5.80. The number of carbonyl (C=O) groups is 2. The Kier molecular flexibility index (Phi) is 7.31. The Balaban J connectivity index is 2.73. The average Bonchev–Trinajstić information content (AvgIpc) is 2.50. The van der Waals surface area contributed by atoms with Gasteiger partial charge >= 0.3 is 6.03 Å². The molecule has 128 valence electrons. The highest BCUT2D eigenvalue weighted by atomic mass is 19.1. The van der Waals surface area contributed by atoms with Gasteiger partial charge in [0, 0.05) is 19.6 Å². The molecule has 0 fully saturated rings. The minimum absolute atomic E-state index is 0.00383. The average molecular weight is 325 g/mol. The number of rotatable bonds is 7. The summed E-state index contributed by atoms with van der Waals surface area (Å²) in [5, 5.41) is 7.90. The van der Waals surface area contributed by atoms with Gasteiger partial charge in [0.05, 0.1) is 13.0 Å². The van der Waals surface area contributed by atoms with Gasteiger partial charge in [-0.1, -0.05) is 6.07 Å². The predicted molar refractivity (Wildman–Crippen MR) is 85.9 cm³/mol. The minimum atomic E-state index is -0.495. The van der Waals surface area contributed by atoms with Crippen molar-refractivity contribution in [2.75, 3.05) is 20.7 Å². The summed E-state index contributed by atoms with van der Waals surface area (Å²) < 4.78 is 18.6. The number of halogens is 1. The lowest BCUT2D eigenvalue weighted by molar-refractivity contribution is -0.124. The third kappa shape index (κ3) is 6.14. The van der Waals surface area contributed by atoms with E-state index in [4.69, 9.17) is 4.74 Å². The van der Waals surface area contributed by atoms with E-state index in [1.807, 2.05) is 13.8 Å². The molecule has 0 heterocycles. The smallest absolute Gasteiger partial charge is 0.315 e. The summed E-state index contributed by atoms with van der Waals surface area (Å²) in [6, 6.07) is 4.22. The Morgan fingerprint density at radius 3 is 2.52 bits per heavy atom. The number of hydrogen-bond donors (Lipinski definition) is 3. The van der Waals surface area contributed by atoms with Gasteiger partial charge in [0.25, 0.3) is 0 Å². The Morgan fingerprint density at radius 2 is 2.00 bits per heavy atom. The van der Waals surface area contributed by atoms with E-state index in [0.717, 1.165) is 0 Å². The maximum Gasteiger partial charge on any atom is 0.315 e. The molecule has 1 unspecified atom stereocenters. The van der Waals surface area contributed by atoms with Crippen LogP contribution in [0, 0.1) is 11.7 Å². The fraction of sp³-hybridized carbons (Fsp3) is 0.500. The number of urea groups is 1. The Hall–Kier alpha value is -2.31. The number of ether oxygens (including phenoxy) is 1. The Bertz CT molecular complexity index is 549. The summed E-state index contributed by atoms with van der Waals surface area (Å²) in [7, 11) is 2.92. The van der Waals surface area contributed by atoms with E-state index >= 15 is 0 Å². The molecule has 0 saturated carbocycles. The lowest BCUT2D eigenvalue weighted by Crippen LogP contribution is -2.44. The SMILES string of the molecule is CNC(=O)C(CNC(=O)NC(C)C)Cc1ccc(OC)c(F)c1. The van der Waals surface area contributed by atoms with Crippen LogP contribution in [0.15, 0.2) is 18.2 Å². The van der Waals surface area contributed by atoms with Crippen molar-refractivity contribution in [3.05, 3.63) is 29.6 Å². The molecule has 0 bridgehead atoms. The second-order valence-electron chi connectivity index (χ2n) is 5.49. The first-order chi connectivity index (χ1) is 10.9. The molecule has 0 spiro atoms. The molecule has 1 aromatic carbocycles. The van der Waals surface area contributed by atoms with E-state index in [-0.39, 0.29) is 30.3 Å². The van der Waals surface area contributed by atoms with E-state index in [2.05, 4.69) is 16.0 Å². The van der Waals surface area contributed by atoms with Gasteiger partial charge in [-0.3, -0.25) is 4.79 Å². The quantitative estimate of drug-likeness (QED) is 0.710. The third-order valence-electron chi connectivity index (χ3n) is 3.24. The van der Waals surface area contributed by atoms with Crippen molar-refractivity contribution in [2.45, 2.75) is 26.3 Å². The molecule has 23 heavy (non-hydrogen) atoms. The molecule has 0 saturated heterocycles. The van der Waals surface area contributed by atoms with Crippen LogP contribution >= 0.6 is 0 Å². The summed E-state index contributed by atoms with van der Waals surface area (Å²) in [4.78, 5) is 23.6. The van der Waals surface area contributed by atoms with Gasteiger partial charge in [-0.25, -0.2) is 9.18 Å². The molecule has 7 heteroatoms. The second-order valence-corrected chi connectivity index (χ2v) is 5.49. The van der Waals surface area contributed by atoms with Crippen LogP contribution in [0.25, 0.3) is 0 Å². The van der Waals surface area contributed by atoms with Crippen LogP contribution in [-0.4, -0.2) is 38.7 Å². The van der Waals surface area contributed by atoms with Crippen molar-refractivity contribution >= 4 is 11.9 Å². The van der Waals surface area contributed by atoms with Gasteiger partial charge in [0.1, 0.15) is 0 Å². The van der Waals surface area contributed by atoms with Crippen LogP contribution in [0.1, 0.15) is 19.4 Å². The minimum Gasteiger partial charge on any atom is -0.494 e. The fourth-order valence-corrected chi connectivity index (χ4v) is 2.11. The van der Waals surface area contributed by atoms with Crippen molar-refractivity contribution < 1.29 is 18.7 Å². The zero-order valence-corrected chi connectivity index (χ0v) is 13.9. The van der Waals surface area contributed by atoms with Crippen LogP contribution in [0.4, 0.5) is 9.18 Å². The predicted octanol–water partition coefficient (Wildman–Crippen LogP) is 1.45. The number of nitrogens with one attached hydrogen (secondary N) is 3. The molecule has 1 rings (SSSR count). The number of hydrogen-bond acceptors (Lipinski definition) is 3. The fourth-order valence-electron chi connectivity index (χ4n) is 2.11. The monoisotopic (exact) mass is 325 g/mol. The van der Waals surface area contributed by atoms with Crippen LogP contribution in [0.5, 0.6) is 5.75 Å². The van der Waals surface area contributed by atoms with Crippen molar-refractivity contribution in [1.29, 1.82) is 0 Å². The van der Waals surface area contributed by atoms with E-state index < -0.39 is 11.7 Å². The van der Waals surface area contributed by atoms with Gasteiger partial charge in [-0.2, -0.15) is 0 Å². The van der Waals surface area contributed by atoms with Crippen molar-refractivity contribution in [1.82, 2.24) is 16.0 Å². The molecule has 0 aliphatic rings. The molecule has 1 atom stereocenters. The Morgan fingerprint density at radius 1 is 1.30 bits per heavy atom. The third-order valence-corrected chi connectivity index (χ3v) is 3.24. The largest absolute Gasteiger partial charge is 0.494 e. The van der Waals surface area contributed by atoms with E-state index in [1.54, 1.807) is 6.07 Å². The van der Waals surface area contributed by atoms with Crippen molar-refractivity contribution in [2.24, 2.45) is 5.92 Å². The maximum atomic E-state index is 13.7. The summed E-state index contributed by atoms with van der Waals surface area (Å²) in [6.07, 6.45) is 0.308. The zero-order chi connectivity index (χ0) is 17.4. The molecule has 3 amide bonds. The molecular weight excluding hydrogens is 301 g/mol. The zero-order valence-electron chi connectivity index (χ0n) is 13.9. The first-order valence-corrected chi connectivity index (χ1v) is 7.45. The molecule has 6 nitrogen and oxygen atoms in total. The van der Waals surface area contributed by atoms with Crippen LogP contribution < -0.4 is 20.7 Å². The van der Waals surface area contributed by atoms with Crippen LogP contribution in [-0.2, 0) is 11.2 Å². The molecular formula is C16H24FN3O3. The van der Waals surface area contributed by atoms with E-state index in [9.17, 15) is 14.0 Å². The summed E-state index contributed by atoms with van der Waals surface area (Å²) >= 11 is 0. The Labute approximate surface area is 135 Å². The van der Waals surface area contributed by atoms with Gasteiger partial charge in [0.15, 0.2) is 11.6 Å². The molecule has 0 aliphatic carbocycles. The first-order valence-electron chi connectivity index (χ1n) is 7.45. The van der Waals surface area contributed by atoms with Crippen molar-refractivity contribution in [3.63, 3.8) is 0 Å². The summed E-state index contributed by atoms with van der Waals surface area (Å²) in [5.74, 6) is -1.04. The standard InChI is InChI=1S/C16H24FN3O3/c1-10(2)20-16(22)19-9-12(15(21)18-3)7-11-5-6-14(23-4)13(17)8-11/h5-6,8,10,12H,7,9H2,1-4H3,(H,18,21)(H2,19,20,22). The number of benzene rings is 1. The highest BCUT2D eigenvalue weighted by Crippen LogP contribution is 2.19. The number of amides is 3.